The number of hydrogen-bond donors (Lipinski definition) is 3. The van der Waals surface area contributed by atoms with Gasteiger partial charge in [-0.05, 0) is 5.21 Å². The molecule has 0 aliphatic rings. The normalized spacial score (nSPS) is 8.09. The number of carboxylic acid groups (broad SMARTS) is 1. The smallest absolute Gasteiger partial charge is 0.303 e. The number of carboxylic acids is 1. The van der Waals surface area contributed by atoms with Gasteiger partial charge in [0.2, 0.25) is 0 Å². The van der Waals surface area contributed by atoms with Gasteiger partial charge in [0.15, 0.2) is 0 Å². The molecule has 0 amide bonds. The molecule has 0 saturated carbocycles. The number of aromatic amines is 1. The third-order valence-corrected chi connectivity index (χ3v) is 0.664. The van der Waals surface area contributed by atoms with E-state index in [-0.39, 0.29) is 12.4 Å². The van der Waals surface area contributed by atoms with E-state index in [9.17, 15) is 4.79 Å². The van der Waals surface area contributed by atoms with Crippen molar-refractivity contribution in [2.75, 3.05) is 5.73 Å². The Morgan fingerprint density at radius 1 is 1.82 bits per heavy atom. The van der Waals surface area contributed by atoms with Gasteiger partial charge in [-0.1, -0.05) is 12.0 Å². The number of H-pyrrole nitrogens is 1. The highest BCUT2D eigenvalue weighted by atomic mass is 16.4. The van der Waals surface area contributed by atoms with E-state index in [1.807, 2.05) is 0 Å². The Morgan fingerprint density at radius 3 is 2.45 bits per heavy atom. The summed E-state index contributed by atoms with van der Waals surface area (Å²) in [5.41, 5.74) is 4.96. The summed E-state index contributed by atoms with van der Waals surface area (Å²) in [4.78, 5) is 9.37. The molecule has 0 aromatic carbocycles. The van der Waals surface area contributed by atoms with Crippen LogP contribution in [0.15, 0.2) is 0 Å². The fraction of sp³-hybridized carbons (Fsp3) is 0.500. The van der Waals surface area contributed by atoms with Crippen LogP contribution in [0.25, 0.3) is 0 Å². The minimum Gasteiger partial charge on any atom is -0.481 e. The fourth-order valence-corrected chi connectivity index (χ4v) is 0.170. The topological polar surface area (TPSA) is 118 Å². The van der Waals surface area contributed by atoms with Crippen molar-refractivity contribution in [3.05, 3.63) is 0 Å². The largest absolute Gasteiger partial charge is 0.481 e. The molecule has 0 radical (unpaired) electrons. The molecule has 1 aromatic rings. The standard InChI is InChI=1S/C3H6O2.CH3N5/c1-2-3(4)5;2-1-3-5-6-4-1/h2H2,1H3,(H,4,5);(H3,2,3,4,5,6). The molecule has 0 saturated heterocycles. The number of nitrogen functional groups attached to an aromatic ring is 1. The van der Waals surface area contributed by atoms with Crippen molar-refractivity contribution in [2.24, 2.45) is 0 Å². The molecule has 11 heavy (non-hydrogen) atoms. The molecular weight excluding hydrogens is 150 g/mol. The Labute approximate surface area is 62.6 Å². The van der Waals surface area contributed by atoms with Crippen LogP contribution in [-0.4, -0.2) is 31.7 Å². The van der Waals surface area contributed by atoms with Crippen LogP contribution in [0.5, 0.6) is 0 Å². The summed E-state index contributed by atoms with van der Waals surface area (Å²) in [6.45, 7) is 1.60. The molecule has 0 aliphatic carbocycles. The second-order valence-corrected chi connectivity index (χ2v) is 1.52. The highest BCUT2D eigenvalue weighted by Crippen LogP contribution is 1.72. The van der Waals surface area contributed by atoms with E-state index in [0.717, 1.165) is 0 Å². The van der Waals surface area contributed by atoms with E-state index in [2.05, 4.69) is 20.6 Å². The van der Waals surface area contributed by atoms with Crippen molar-refractivity contribution in [3.8, 4) is 0 Å². The molecule has 7 nitrogen and oxygen atoms in total. The third-order valence-electron chi connectivity index (χ3n) is 0.664. The number of aliphatic carboxylic acids is 1. The van der Waals surface area contributed by atoms with Gasteiger partial charge >= 0.3 is 5.97 Å². The fourth-order valence-electron chi connectivity index (χ4n) is 0.170. The highest BCUT2D eigenvalue weighted by molar-refractivity contribution is 5.66. The summed E-state index contributed by atoms with van der Waals surface area (Å²) in [7, 11) is 0. The second-order valence-electron chi connectivity index (χ2n) is 1.52. The van der Waals surface area contributed by atoms with Crippen LogP contribution < -0.4 is 5.73 Å². The van der Waals surface area contributed by atoms with Crippen LogP contribution in [-0.2, 0) is 4.79 Å². The zero-order valence-electron chi connectivity index (χ0n) is 5.98. The summed E-state index contributed by atoms with van der Waals surface area (Å²) >= 11 is 0. The lowest BCUT2D eigenvalue weighted by atomic mass is 10.5. The molecule has 1 rings (SSSR count). The average Bonchev–Trinajstić information content (AvgIpc) is 2.41. The molecule has 0 spiro atoms. The predicted octanol–water partition coefficient (Wildman–Crippen LogP) is -0.737. The molecular formula is C4H9N5O2. The molecule has 0 fully saturated rings. The van der Waals surface area contributed by atoms with E-state index in [1.54, 1.807) is 6.92 Å². The van der Waals surface area contributed by atoms with Gasteiger partial charge in [-0.15, -0.1) is 5.10 Å². The molecule has 62 valence electrons. The molecule has 0 bridgehead atoms. The van der Waals surface area contributed by atoms with Gasteiger partial charge < -0.3 is 10.8 Å². The van der Waals surface area contributed by atoms with Gasteiger partial charge in [0, 0.05) is 6.42 Å². The Kier molecular flexibility index (Phi) is 4.37. The van der Waals surface area contributed by atoms with Crippen LogP contribution >= 0.6 is 0 Å². The third kappa shape index (κ3) is 6.22. The number of rotatable bonds is 1. The van der Waals surface area contributed by atoms with Crippen molar-refractivity contribution >= 4 is 11.9 Å². The Morgan fingerprint density at radius 2 is 2.36 bits per heavy atom. The lowest BCUT2D eigenvalue weighted by Crippen LogP contribution is -1.86. The van der Waals surface area contributed by atoms with E-state index >= 15 is 0 Å². The van der Waals surface area contributed by atoms with Crippen molar-refractivity contribution in [2.45, 2.75) is 13.3 Å². The minimum absolute atomic E-state index is 0.176. The summed E-state index contributed by atoms with van der Waals surface area (Å²) in [5.74, 6) is -0.569. The van der Waals surface area contributed by atoms with E-state index in [1.165, 1.54) is 0 Å². The molecule has 4 N–H and O–H groups in total. The van der Waals surface area contributed by atoms with Gasteiger partial charge in [0.1, 0.15) is 0 Å². The van der Waals surface area contributed by atoms with Crippen molar-refractivity contribution in [1.29, 1.82) is 0 Å². The van der Waals surface area contributed by atoms with Gasteiger partial charge in [0.25, 0.3) is 5.95 Å². The van der Waals surface area contributed by atoms with Crippen LogP contribution in [0, 0.1) is 0 Å². The van der Waals surface area contributed by atoms with Crippen LogP contribution in [0.1, 0.15) is 13.3 Å². The highest BCUT2D eigenvalue weighted by Gasteiger charge is 1.80. The quantitative estimate of drug-likeness (QED) is 0.496. The molecule has 1 aromatic heterocycles. The maximum absolute atomic E-state index is 9.37. The molecule has 7 heteroatoms. The number of hydrogen-bond acceptors (Lipinski definition) is 5. The number of tetrazole rings is 1. The zero-order chi connectivity index (χ0) is 8.69. The summed E-state index contributed by atoms with van der Waals surface area (Å²) in [5, 5.41) is 19.8. The Bertz CT molecular complexity index is 196. The number of carbonyl (C=O) groups is 1. The summed E-state index contributed by atoms with van der Waals surface area (Å²) in [6.07, 6.45) is 0.222. The lowest BCUT2D eigenvalue weighted by molar-refractivity contribution is -0.136. The monoisotopic (exact) mass is 159 g/mol. The first kappa shape index (κ1) is 9.34. The zero-order valence-corrected chi connectivity index (χ0v) is 5.98. The van der Waals surface area contributed by atoms with Gasteiger partial charge in [-0.25, -0.2) is 0 Å². The minimum atomic E-state index is -0.745. The number of nitrogens with zero attached hydrogens (tertiary/aromatic N) is 3. The van der Waals surface area contributed by atoms with Crippen LogP contribution in [0.4, 0.5) is 5.95 Å². The first-order valence-corrected chi connectivity index (χ1v) is 2.87. The first-order chi connectivity index (χ1) is 5.16. The van der Waals surface area contributed by atoms with Crippen molar-refractivity contribution < 1.29 is 9.90 Å². The Balaban J connectivity index is 0.000000187. The first-order valence-electron chi connectivity index (χ1n) is 2.87. The predicted molar refractivity (Wildman–Crippen MR) is 36.5 cm³/mol. The SMILES string of the molecule is CCC(=O)O.Nc1nn[nH]n1. The number of aromatic nitrogens is 4. The molecule has 1 heterocycles. The average molecular weight is 159 g/mol. The Hall–Kier alpha value is -1.66. The molecule has 0 aliphatic heterocycles. The molecule has 0 unspecified atom stereocenters. The maximum atomic E-state index is 9.37. The van der Waals surface area contributed by atoms with Crippen LogP contribution in [0.2, 0.25) is 0 Å². The number of nitrogens with one attached hydrogen (secondary N) is 1. The van der Waals surface area contributed by atoms with E-state index in [0.29, 0.717) is 0 Å². The van der Waals surface area contributed by atoms with Crippen molar-refractivity contribution in [3.63, 3.8) is 0 Å². The van der Waals surface area contributed by atoms with Crippen molar-refractivity contribution in [1.82, 2.24) is 20.6 Å². The number of anilines is 1. The van der Waals surface area contributed by atoms with Gasteiger partial charge in [-0.3, -0.25) is 4.79 Å². The second kappa shape index (κ2) is 5.15. The van der Waals surface area contributed by atoms with Crippen LogP contribution in [0.3, 0.4) is 0 Å². The van der Waals surface area contributed by atoms with Gasteiger partial charge in [0.05, 0.1) is 0 Å². The summed E-state index contributed by atoms with van der Waals surface area (Å²) < 4.78 is 0. The van der Waals surface area contributed by atoms with E-state index in [4.69, 9.17) is 10.8 Å². The maximum Gasteiger partial charge on any atom is 0.303 e. The lowest BCUT2D eigenvalue weighted by Gasteiger charge is -1.71. The number of nitrogens with two attached hydrogens (primary N) is 1. The summed E-state index contributed by atoms with van der Waals surface area (Å²) in [6, 6.07) is 0. The van der Waals surface area contributed by atoms with E-state index < -0.39 is 5.97 Å². The molecule has 0 atom stereocenters. The van der Waals surface area contributed by atoms with Gasteiger partial charge in [-0.2, -0.15) is 5.21 Å².